The quantitative estimate of drug-likeness (QED) is 0.0183. The van der Waals surface area contributed by atoms with Crippen molar-refractivity contribution in [2.45, 2.75) is 99.1 Å². The number of likely N-dealkylation sites (N-methyl/N-ethyl adjacent to an activating group) is 2. The molecule has 0 aromatic rings. The number of ether oxygens (including phenoxy) is 3. The minimum Gasteiger partial charge on any atom is -0.400 e. The van der Waals surface area contributed by atoms with Gasteiger partial charge in [-0.05, 0) is 52.1 Å². The van der Waals surface area contributed by atoms with Crippen molar-refractivity contribution < 1.29 is 93.2 Å². The molecule has 0 bridgehead atoms. The predicted molar refractivity (Wildman–Crippen MR) is 209 cm³/mol. The second-order valence-corrected chi connectivity index (χ2v) is 20.6. The number of aliphatic hydroxyl groups excluding tert-OH is 12. The van der Waals surface area contributed by atoms with Crippen molar-refractivity contribution in [3.63, 3.8) is 0 Å². The number of epoxide rings is 1. The van der Waals surface area contributed by atoms with Gasteiger partial charge in [-0.3, -0.25) is 0 Å². The minimum absolute atomic E-state index is 0.0426. The molecule has 56 heavy (non-hydrogen) atoms. The molecule has 342 valence electrons. The van der Waals surface area contributed by atoms with Gasteiger partial charge in [-0.25, -0.2) is 0 Å². The van der Waals surface area contributed by atoms with Crippen molar-refractivity contribution in [1.82, 2.24) is 10.2 Å². The summed E-state index contributed by atoms with van der Waals surface area (Å²) in [6.45, 7) is 5.83. The van der Waals surface area contributed by atoms with Crippen LogP contribution in [0.4, 0.5) is 0 Å². The maximum absolute atomic E-state index is 9.98. The molecule has 1 fully saturated rings. The van der Waals surface area contributed by atoms with Gasteiger partial charge in [-0.2, -0.15) is 0 Å². The second-order valence-electron chi connectivity index (χ2n) is 13.4. The van der Waals surface area contributed by atoms with Gasteiger partial charge in [0.2, 0.25) is 0 Å². The number of nitrogens with zero attached hydrogens (tertiary/aromatic N) is 1. The normalized spacial score (nSPS) is 19.1. The largest absolute Gasteiger partial charge is 0.400 e. The van der Waals surface area contributed by atoms with Crippen LogP contribution in [0, 0.1) is 0 Å². The highest BCUT2D eigenvalue weighted by Crippen LogP contribution is 2.15. The first-order valence-electron chi connectivity index (χ1n) is 18.4. The first kappa shape index (κ1) is 59.9. The van der Waals surface area contributed by atoms with Gasteiger partial charge in [-0.15, -0.1) is 0 Å². The lowest BCUT2D eigenvalue weighted by molar-refractivity contribution is -0.119. The molecule has 1 aliphatic rings. The average Bonchev–Trinajstić information content (AvgIpc) is 4.04. The summed E-state index contributed by atoms with van der Waals surface area (Å²) in [4.78, 5) is 1.57. The van der Waals surface area contributed by atoms with Gasteiger partial charge >= 0.3 is 17.1 Å². The molecule has 0 amide bonds. The van der Waals surface area contributed by atoms with Crippen LogP contribution in [0.25, 0.3) is 0 Å². The molecular formula is C33H78N2O19Si2. The van der Waals surface area contributed by atoms with E-state index in [-0.39, 0.29) is 26.2 Å². The number of hydrogen-bond donors (Lipinski definition) is 13. The SMILES string of the molecule is CNCC(O)C(O)C(O)C(O)CO.CO.CO[Si](C)(CCCOCC(O)CN(C)CC(O)C(O)C(O)C(O)CO)OC.CO[Si](C)(CCCOCC1CO1)OC. The highest BCUT2D eigenvalue weighted by atomic mass is 28.4. The van der Waals surface area contributed by atoms with Crippen molar-refractivity contribution in [1.29, 1.82) is 0 Å². The highest BCUT2D eigenvalue weighted by molar-refractivity contribution is 6.66. The van der Waals surface area contributed by atoms with Crippen molar-refractivity contribution in [3.05, 3.63) is 0 Å². The monoisotopic (exact) mass is 862 g/mol. The van der Waals surface area contributed by atoms with Crippen LogP contribution in [0.5, 0.6) is 0 Å². The van der Waals surface area contributed by atoms with E-state index in [4.69, 9.17) is 62.6 Å². The molecule has 21 nitrogen and oxygen atoms in total. The molecule has 10 atom stereocenters. The number of rotatable bonds is 30. The molecule has 0 aromatic carbocycles. The van der Waals surface area contributed by atoms with Gasteiger partial charge in [0.15, 0.2) is 0 Å². The molecule has 0 spiro atoms. The molecular weight excluding hydrogens is 785 g/mol. The number of nitrogens with one attached hydrogen (secondary N) is 1. The summed E-state index contributed by atoms with van der Waals surface area (Å²) in [7, 11) is 6.92. The van der Waals surface area contributed by atoms with Crippen LogP contribution in [0.1, 0.15) is 12.8 Å². The van der Waals surface area contributed by atoms with E-state index in [9.17, 15) is 30.6 Å². The third-order valence-electron chi connectivity index (χ3n) is 8.67. The molecule has 0 aromatic heterocycles. The summed E-state index contributed by atoms with van der Waals surface area (Å²) in [5.74, 6) is 0. The lowest BCUT2D eigenvalue weighted by Gasteiger charge is -2.29. The Morgan fingerprint density at radius 1 is 0.661 bits per heavy atom. The number of aliphatic hydroxyl groups is 12. The zero-order valence-electron chi connectivity index (χ0n) is 34.8. The van der Waals surface area contributed by atoms with Crippen LogP contribution in [0.3, 0.4) is 0 Å². The van der Waals surface area contributed by atoms with E-state index in [1.54, 1.807) is 47.4 Å². The molecule has 0 aliphatic carbocycles. The fourth-order valence-corrected chi connectivity index (χ4v) is 7.26. The van der Waals surface area contributed by atoms with E-state index >= 15 is 0 Å². The zero-order chi connectivity index (χ0) is 43.9. The van der Waals surface area contributed by atoms with Crippen molar-refractivity contribution in [2.75, 3.05) is 116 Å². The zero-order valence-corrected chi connectivity index (χ0v) is 36.8. The maximum atomic E-state index is 9.98. The first-order chi connectivity index (χ1) is 26.3. The van der Waals surface area contributed by atoms with Gasteiger partial charge < -0.3 is 103 Å². The van der Waals surface area contributed by atoms with Gasteiger partial charge in [0, 0.05) is 68.4 Å². The van der Waals surface area contributed by atoms with Crippen LogP contribution in [-0.2, 0) is 31.9 Å². The summed E-state index contributed by atoms with van der Waals surface area (Å²) < 4.78 is 37.4. The third kappa shape index (κ3) is 28.9. The maximum Gasteiger partial charge on any atom is 0.334 e. The van der Waals surface area contributed by atoms with Crippen molar-refractivity contribution >= 4 is 17.1 Å². The topological polar surface area (TPSA) is 326 Å². The molecule has 0 saturated carbocycles. The highest BCUT2D eigenvalue weighted by Gasteiger charge is 2.32. The van der Waals surface area contributed by atoms with E-state index < -0.39 is 85.3 Å². The number of hydrogen-bond acceptors (Lipinski definition) is 21. The summed E-state index contributed by atoms with van der Waals surface area (Å²) in [6, 6.07) is 1.76. The summed E-state index contributed by atoms with van der Waals surface area (Å²) in [5, 5.41) is 112. The van der Waals surface area contributed by atoms with E-state index in [2.05, 4.69) is 11.9 Å². The third-order valence-corrected chi connectivity index (χ3v) is 14.6. The Labute approximate surface area is 334 Å². The van der Waals surface area contributed by atoms with Crippen LogP contribution in [0.15, 0.2) is 0 Å². The first-order valence-corrected chi connectivity index (χ1v) is 23.5. The molecule has 23 heteroatoms. The van der Waals surface area contributed by atoms with Crippen LogP contribution in [-0.4, -0.2) is 260 Å². The fraction of sp³-hybridized carbons (Fsp3) is 1.00. The lowest BCUT2D eigenvalue weighted by atomic mass is 10.0. The van der Waals surface area contributed by atoms with E-state index in [1.807, 2.05) is 6.55 Å². The summed E-state index contributed by atoms with van der Waals surface area (Å²) in [6.07, 6.45) is -10.5. The Hall–Kier alpha value is -0.406. The Morgan fingerprint density at radius 3 is 1.43 bits per heavy atom. The van der Waals surface area contributed by atoms with Crippen LogP contribution < -0.4 is 5.32 Å². The molecule has 10 unspecified atom stereocenters. The Kier molecular flexibility index (Phi) is 37.8. The summed E-state index contributed by atoms with van der Waals surface area (Å²) in [5.41, 5.74) is 0. The molecule has 1 aliphatic heterocycles. The Morgan fingerprint density at radius 2 is 1.05 bits per heavy atom. The Balaban J connectivity index is -0.000000810. The molecule has 1 rings (SSSR count). The molecule has 1 heterocycles. The van der Waals surface area contributed by atoms with E-state index in [0.29, 0.717) is 12.7 Å². The standard InChI is InChI=1S/C16H37NO9Si.C9H20O4Si.C7H17NO5.CH4O/c1-17(9-13(20)15(22)16(23)14(21)10-18)8-12(19)11-26-6-5-7-27(4,24-2)25-3;1-10-14(3,11-2)6-4-5-12-7-9-8-13-9;1-8-2-4(10)6(12)7(13)5(11)3-9;1-2/h12-16,18-23H,5-11H2,1-4H3;9H,4-8H2,1-3H3;4-13H,2-3H2,1H3;2H,1H3. The van der Waals surface area contributed by atoms with Crippen molar-refractivity contribution in [2.24, 2.45) is 0 Å². The van der Waals surface area contributed by atoms with Gasteiger partial charge in [0.05, 0.1) is 51.3 Å². The van der Waals surface area contributed by atoms with Gasteiger partial charge in [0.1, 0.15) is 42.7 Å². The van der Waals surface area contributed by atoms with Crippen LogP contribution in [0.2, 0.25) is 25.2 Å². The molecule has 0 radical (unpaired) electrons. The predicted octanol–water partition coefficient (Wildman–Crippen LogP) is -5.11. The van der Waals surface area contributed by atoms with Gasteiger partial charge in [-0.1, -0.05) is 0 Å². The fourth-order valence-electron chi connectivity index (χ4n) is 4.53. The van der Waals surface area contributed by atoms with Gasteiger partial charge in [0.25, 0.3) is 0 Å². The smallest absolute Gasteiger partial charge is 0.334 e. The summed E-state index contributed by atoms with van der Waals surface area (Å²) >= 11 is 0. The van der Waals surface area contributed by atoms with Crippen molar-refractivity contribution in [3.8, 4) is 0 Å². The molecule has 13 N–H and O–H groups in total. The average molecular weight is 863 g/mol. The minimum atomic E-state index is -2.11. The Bertz CT molecular complexity index is 871. The van der Waals surface area contributed by atoms with E-state index in [0.717, 1.165) is 51.9 Å². The molecule has 1 saturated heterocycles. The van der Waals surface area contributed by atoms with Crippen LogP contribution >= 0.6 is 0 Å². The second kappa shape index (κ2) is 35.4. The van der Waals surface area contributed by atoms with E-state index in [1.165, 1.54) is 0 Å². The lowest BCUT2D eigenvalue weighted by Crippen LogP contribution is -2.50.